The van der Waals surface area contributed by atoms with Crippen LogP contribution in [0.1, 0.15) is 50.2 Å². The first-order valence-corrected chi connectivity index (χ1v) is 15.9. The molecular weight excluding hydrogens is 581 g/mol. The summed E-state index contributed by atoms with van der Waals surface area (Å²) >= 11 is 12.1. The van der Waals surface area contributed by atoms with Crippen LogP contribution in [-0.4, -0.2) is 43.8 Å². The summed E-state index contributed by atoms with van der Waals surface area (Å²) in [5.41, 5.74) is 1.95. The Labute approximate surface area is 252 Å². The van der Waals surface area contributed by atoms with Crippen LogP contribution in [0.3, 0.4) is 0 Å². The van der Waals surface area contributed by atoms with Crippen molar-refractivity contribution in [2.75, 3.05) is 10.8 Å². The number of anilines is 1. The van der Waals surface area contributed by atoms with E-state index in [0.29, 0.717) is 15.7 Å². The van der Waals surface area contributed by atoms with Crippen LogP contribution < -0.4 is 9.62 Å². The van der Waals surface area contributed by atoms with Gasteiger partial charge in [0.05, 0.1) is 10.6 Å². The van der Waals surface area contributed by atoms with E-state index in [1.807, 2.05) is 13.0 Å². The van der Waals surface area contributed by atoms with Crippen molar-refractivity contribution in [2.45, 2.75) is 69.5 Å². The van der Waals surface area contributed by atoms with E-state index in [-0.39, 0.29) is 23.4 Å². The molecule has 1 fully saturated rings. The molecule has 0 saturated heterocycles. The van der Waals surface area contributed by atoms with Crippen molar-refractivity contribution < 1.29 is 18.0 Å². The summed E-state index contributed by atoms with van der Waals surface area (Å²) in [7, 11) is -4.15. The molecular formula is C31H35Cl2N3O4S. The minimum Gasteiger partial charge on any atom is -0.352 e. The Morgan fingerprint density at radius 3 is 2.15 bits per heavy atom. The third-order valence-electron chi connectivity index (χ3n) is 7.36. The van der Waals surface area contributed by atoms with Gasteiger partial charge in [-0.1, -0.05) is 66.7 Å². The van der Waals surface area contributed by atoms with Gasteiger partial charge in [-0.2, -0.15) is 0 Å². The van der Waals surface area contributed by atoms with Crippen LogP contribution in [0.4, 0.5) is 5.69 Å². The maximum Gasteiger partial charge on any atom is 0.264 e. The number of benzene rings is 3. The summed E-state index contributed by atoms with van der Waals surface area (Å²) in [5.74, 6) is -0.771. The summed E-state index contributed by atoms with van der Waals surface area (Å²) in [6, 6.07) is 19.0. The number of nitrogens with one attached hydrogen (secondary N) is 1. The maximum atomic E-state index is 14.0. The fourth-order valence-electron chi connectivity index (χ4n) is 4.98. The average molecular weight is 617 g/mol. The van der Waals surface area contributed by atoms with E-state index in [4.69, 9.17) is 23.2 Å². The van der Waals surface area contributed by atoms with Crippen LogP contribution in [0.15, 0.2) is 77.7 Å². The molecule has 10 heteroatoms. The predicted molar refractivity (Wildman–Crippen MR) is 164 cm³/mol. The molecule has 1 aliphatic carbocycles. The van der Waals surface area contributed by atoms with Crippen molar-refractivity contribution in [1.29, 1.82) is 0 Å². The zero-order valence-electron chi connectivity index (χ0n) is 23.2. The van der Waals surface area contributed by atoms with Gasteiger partial charge in [0.15, 0.2) is 0 Å². The summed E-state index contributed by atoms with van der Waals surface area (Å²) in [4.78, 5) is 28.9. The van der Waals surface area contributed by atoms with E-state index in [2.05, 4.69) is 5.32 Å². The smallest absolute Gasteiger partial charge is 0.264 e. The lowest BCUT2D eigenvalue weighted by atomic mass is 9.95. The van der Waals surface area contributed by atoms with Crippen LogP contribution in [0.5, 0.6) is 0 Å². The minimum absolute atomic E-state index is 0.00328. The van der Waals surface area contributed by atoms with Crippen molar-refractivity contribution in [3.8, 4) is 0 Å². The molecule has 1 aliphatic rings. The second-order valence-corrected chi connectivity index (χ2v) is 13.2. The highest BCUT2D eigenvalue weighted by Crippen LogP contribution is 2.26. The van der Waals surface area contributed by atoms with Gasteiger partial charge < -0.3 is 10.2 Å². The topological polar surface area (TPSA) is 86.8 Å². The molecule has 1 saturated carbocycles. The number of hydrogen-bond donors (Lipinski definition) is 1. The monoisotopic (exact) mass is 615 g/mol. The number of rotatable bonds is 10. The Hall–Kier alpha value is -3.07. The quantitative estimate of drug-likeness (QED) is 0.287. The van der Waals surface area contributed by atoms with Crippen molar-refractivity contribution in [2.24, 2.45) is 0 Å². The Balaban J connectivity index is 1.67. The lowest BCUT2D eigenvalue weighted by molar-refractivity contribution is -0.139. The SMILES string of the molecule is Cc1cccc(N(CC(=O)N(Cc2ccc(Cl)cc2)C(C)C(=O)NC2CCCCC2)S(=O)(=O)c2ccc(Cl)cc2)c1. The van der Waals surface area contributed by atoms with E-state index in [1.165, 1.54) is 29.2 Å². The highest BCUT2D eigenvalue weighted by Gasteiger charge is 2.33. The highest BCUT2D eigenvalue weighted by atomic mass is 35.5. The molecule has 41 heavy (non-hydrogen) atoms. The van der Waals surface area contributed by atoms with E-state index in [9.17, 15) is 18.0 Å². The first-order valence-electron chi connectivity index (χ1n) is 13.7. The summed E-state index contributed by atoms with van der Waals surface area (Å²) in [6.45, 7) is 3.14. The minimum atomic E-state index is -4.15. The third kappa shape index (κ3) is 8.03. The molecule has 1 atom stereocenters. The Kier molecular flexibility index (Phi) is 10.3. The van der Waals surface area contributed by atoms with Crippen LogP contribution >= 0.6 is 23.2 Å². The van der Waals surface area contributed by atoms with Gasteiger partial charge in [-0.05, 0) is 86.3 Å². The first kappa shape index (κ1) is 30.9. The van der Waals surface area contributed by atoms with Gasteiger partial charge in [0.1, 0.15) is 12.6 Å². The molecule has 0 spiro atoms. The Bertz CT molecular complexity index is 1460. The summed E-state index contributed by atoms with van der Waals surface area (Å²) < 4.78 is 28.9. The molecule has 218 valence electrons. The molecule has 1 unspecified atom stereocenters. The zero-order valence-corrected chi connectivity index (χ0v) is 25.6. The molecule has 0 aliphatic heterocycles. The fraction of sp³-hybridized carbons (Fsp3) is 0.355. The molecule has 0 bridgehead atoms. The van der Waals surface area contributed by atoms with Gasteiger partial charge in [-0.25, -0.2) is 8.42 Å². The molecule has 0 aromatic heterocycles. The molecule has 4 rings (SSSR count). The fourth-order valence-corrected chi connectivity index (χ4v) is 6.64. The van der Waals surface area contributed by atoms with Gasteiger partial charge in [-0.3, -0.25) is 13.9 Å². The van der Waals surface area contributed by atoms with E-state index < -0.39 is 28.5 Å². The number of aryl methyl sites for hydroxylation is 1. The number of carbonyl (C=O) groups excluding carboxylic acids is 2. The second kappa shape index (κ2) is 13.7. The predicted octanol–water partition coefficient (Wildman–Crippen LogP) is 6.36. The summed E-state index contributed by atoms with van der Waals surface area (Å²) in [6.07, 6.45) is 5.08. The first-order chi connectivity index (χ1) is 19.5. The second-order valence-electron chi connectivity index (χ2n) is 10.5. The maximum absolute atomic E-state index is 14.0. The third-order valence-corrected chi connectivity index (χ3v) is 9.65. The van der Waals surface area contributed by atoms with E-state index >= 15 is 0 Å². The van der Waals surface area contributed by atoms with Crippen LogP contribution in [0.2, 0.25) is 10.0 Å². The van der Waals surface area contributed by atoms with E-state index in [1.54, 1.807) is 49.4 Å². The molecule has 3 aromatic rings. The molecule has 3 aromatic carbocycles. The van der Waals surface area contributed by atoms with Crippen molar-refractivity contribution in [1.82, 2.24) is 10.2 Å². The lowest BCUT2D eigenvalue weighted by Gasteiger charge is -2.33. The summed E-state index contributed by atoms with van der Waals surface area (Å²) in [5, 5.41) is 4.05. The standard InChI is InChI=1S/C31H35Cl2N3O4S/c1-22-7-6-10-28(19-22)36(41(39,40)29-17-15-26(33)16-18-29)21-30(37)35(20-24-11-13-25(32)14-12-24)23(2)31(38)34-27-8-4-3-5-9-27/h6-7,10-19,23,27H,3-5,8-9,20-21H2,1-2H3,(H,34,38). The van der Waals surface area contributed by atoms with Gasteiger partial charge in [0, 0.05) is 22.6 Å². The number of sulfonamides is 1. The molecule has 1 N–H and O–H groups in total. The van der Waals surface area contributed by atoms with Gasteiger partial charge in [-0.15, -0.1) is 0 Å². The molecule has 7 nitrogen and oxygen atoms in total. The molecule has 2 amide bonds. The van der Waals surface area contributed by atoms with Crippen molar-refractivity contribution in [3.05, 3.63) is 94.0 Å². The number of hydrogen-bond acceptors (Lipinski definition) is 4. The number of halogens is 2. The lowest BCUT2D eigenvalue weighted by Crippen LogP contribution is -2.53. The number of nitrogens with zero attached hydrogens (tertiary/aromatic N) is 2. The molecule has 0 radical (unpaired) electrons. The largest absolute Gasteiger partial charge is 0.352 e. The highest BCUT2D eigenvalue weighted by molar-refractivity contribution is 7.92. The van der Waals surface area contributed by atoms with E-state index in [0.717, 1.165) is 47.5 Å². The van der Waals surface area contributed by atoms with Gasteiger partial charge in [0.2, 0.25) is 11.8 Å². The zero-order chi connectivity index (χ0) is 29.6. The Morgan fingerprint density at radius 2 is 1.54 bits per heavy atom. The van der Waals surface area contributed by atoms with Gasteiger partial charge >= 0.3 is 0 Å². The van der Waals surface area contributed by atoms with Crippen molar-refractivity contribution >= 4 is 50.7 Å². The van der Waals surface area contributed by atoms with Crippen molar-refractivity contribution in [3.63, 3.8) is 0 Å². The average Bonchev–Trinajstić information content (AvgIpc) is 2.95. The number of amides is 2. The normalized spacial score (nSPS) is 14.7. The molecule has 0 heterocycles. The van der Waals surface area contributed by atoms with Gasteiger partial charge in [0.25, 0.3) is 10.0 Å². The number of carbonyl (C=O) groups is 2. The van der Waals surface area contributed by atoms with Crippen LogP contribution in [-0.2, 0) is 26.2 Å². The van der Waals surface area contributed by atoms with Crippen LogP contribution in [0, 0.1) is 6.92 Å². The Morgan fingerprint density at radius 1 is 0.927 bits per heavy atom. The van der Waals surface area contributed by atoms with Crippen LogP contribution in [0.25, 0.3) is 0 Å².